The summed E-state index contributed by atoms with van der Waals surface area (Å²) in [6.45, 7) is 8.91. The Bertz CT molecular complexity index is 2890. The number of nitrogens with zero attached hydrogens (tertiary/aromatic N) is 8. The lowest BCUT2D eigenvalue weighted by atomic mass is 9.98. The van der Waals surface area contributed by atoms with Gasteiger partial charge in [-0.2, -0.15) is 36.5 Å². The predicted octanol–water partition coefficient (Wildman–Crippen LogP) is 9.57. The zero-order valence-electron chi connectivity index (χ0n) is 33.4. The molecular weight excluding hydrogens is 799 g/mol. The number of alkyl halides is 6. The van der Waals surface area contributed by atoms with E-state index in [1.54, 1.807) is 12.4 Å². The fourth-order valence-electron chi connectivity index (χ4n) is 6.52. The summed E-state index contributed by atoms with van der Waals surface area (Å²) in [7, 11) is 0. The second-order valence-corrected chi connectivity index (χ2v) is 15.3. The summed E-state index contributed by atoms with van der Waals surface area (Å²) in [6, 6.07) is 29.6. The SMILES string of the molecule is CC(=O)NC(C)(C)c1cccc(-c2ccc3cnn(-c4cccc(C(F)(F)F)n4)c3c2)n1.CC(C)(N)c1cccc(-c2ccc3cnn(-c4cccc(C(F)(F)F)n4)c3c2)n1. The Balaban J connectivity index is 0.000000185. The first-order chi connectivity index (χ1) is 28.7. The van der Waals surface area contributed by atoms with Crippen molar-refractivity contribution in [3.05, 3.63) is 144 Å². The minimum absolute atomic E-state index is 0.0699. The number of aromatic nitrogens is 8. The van der Waals surface area contributed by atoms with Crippen LogP contribution in [0.5, 0.6) is 0 Å². The lowest BCUT2D eigenvalue weighted by molar-refractivity contribution is -0.141. The van der Waals surface area contributed by atoms with Gasteiger partial charge in [-0.1, -0.05) is 48.5 Å². The maximum Gasteiger partial charge on any atom is 0.433 e. The highest BCUT2D eigenvalue weighted by Crippen LogP contribution is 2.32. The average molecular weight is 837 g/mol. The number of halogens is 6. The molecule has 3 N–H and O–H groups in total. The average Bonchev–Trinajstić information content (AvgIpc) is 3.84. The summed E-state index contributed by atoms with van der Waals surface area (Å²) >= 11 is 0. The quantitative estimate of drug-likeness (QED) is 0.151. The Kier molecular flexibility index (Phi) is 11.0. The van der Waals surface area contributed by atoms with E-state index < -0.39 is 34.8 Å². The molecular formula is C44H38F6N10O. The van der Waals surface area contributed by atoms with Gasteiger partial charge in [-0.05, 0) is 88.4 Å². The number of fused-ring (bicyclic) bond motifs is 2. The Morgan fingerprint density at radius 3 is 1.39 bits per heavy atom. The molecule has 0 aliphatic carbocycles. The second-order valence-electron chi connectivity index (χ2n) is 15.3. The molecule has 6 aromatic heterocycles. The number of nitrogens with one attached hydrogen (secondary N) is 1. The number of rotatable bonds is 7. The van der Waals surface area contributed by atoms with Crippen LogP contribution in [0.1, 0.15) is 57.4 Å². The number of benzene rings is 2. The van der Waals surface area contributed by atoms with Gasteiger partial charge in [0, 0.05) is 28.8 Å². The van der Waals surface area contributed by atoms with Crippen LogP contribution in [0.3, 0.4) is 0 Å². The van der Waals surface area contributed by atoms with E-state index in [-0.39, 0.29) is 17.5 Å². The highest BCUT2D eigenvalue weighted by atomic mass is 19.4. The van der Waals surface area contributed by atoms with Crippen LogP contribution in [0.25, 0.3) is 56.0 Å². The molecule has 0 fully saturated rings. The first kappa shape index (κ1) is 42.1. The van der Waals surface area contributed by atoms with Crippen LogP contribution >= 0.6 is 0 Å². The minimum Gasteiger partial charge on any atom is -0.346 e. The van der Waals surface area contributed by atoms with Crippen molar-refractivity contribution in [1.82, 2.24) is 44.8 Å². The van der Waals surface area contributed by atoms with Crippen molar-refractivity contribution in [1.29, 1.82) is 0 Å². The lowest BCUT2D eigenvalue weighted by Crippen LogP contribution is -2.40. The Morgan fingerprint density at radius 2 is 0.967 bits per heavy atom. The molecule has 0 aliphatic rings. The van der Waals surface area contributed by atoms with E-state index >= 15 is 0 Å². The summed E-state index contributed by atoms with van der Waals surface area (Å²) in [4.78, 5) is 28.3. The summed E-state index contributed by atoms with van der Waals surface area (Å²) in [6.07, 6.45) is -5.91. The monoisotopic (exact) mass is 836 g/mol. The van der Waals surface area contributed by atoms with Crippen LogP contribution in [0.4, 0.5) is 26.3 Å². The number of carbonyl (C=O) groups excluding carboxylic acids is 1. The Hall–Kier alpha value is -7.01. The Labute approximate surface area is 345 Å². The molecule has 17 heteroatoms. The van der Waals surface area contributed by atoms with Gasteiger partial charge < -0.3 is 11.1 Å². The topological polar surface area (TPSA) is 142 Å². The van der Waals surface area contributed by atoms with Crippen LogP contribution in [-0.2, 0) is 28.2 Å². The molecule has 2 aromatic carbocycles. The lowest BCUT2D eigenvalue weighted by Gasteiger charge is -2.25. The van der Waals surface area contributed by atoms with Crippen LogP contribution in [-0.4, -0.2) is 45.4 Å². The van der Waals surface area contributed by atoms with Crippen LogP contribution in [0.15, 0.2) is 122 Å². The third-order valence-electron chi connectivity index (χ3n) is 9.50. The molecule has 11 nitrogen and oxygen atoms in total. The first-order valence-corrected chi connectivity index (χ1v) is 18.8. The molecule has 0 bridgehead atoms. The number of pyridine rings is 4. The fourth-order valence-corrected chi connectivity index (χ4v) is 6.52. The first-order valence-electron chi connectivity index (χ1n) is 18.8. The maximum absolute atomic E-state index is 13.1. The van der Waals surface area contributed by atoms with Crippen LogP contribution in [0, 0.1) is 0 Å². The van der Waals surface area contributed by atoms with Gasteiger partial charge >= 0.3 is 12.4 Å². The van der Waals surface area contributed by atoms with Crippen molar-refractivity contribution >= 4 is 27.7 Å². The largest absolute Gasteiger partial charge is 0.433 e. The van der Waals surface area contributed by atoms with Crippen LogP contribution < -0.4 is 11.1 Å². The number of amides is 1. The normalized spacial score (nSPS) is 12.3. The van der Waals surface area contributed by atoms with Crippen LogP contribution in [0.2, 0.25) is 0 Å². The highest BCUT2D eigenvalue weighted by molar-refractivity contribution is 5.86. The van der Waals surface area contributed by atoms with Gasteiger partial charge in [0.25, 0.3) is 0 Å². The zero-order valence-corrected chi connectivity index (χ0v) is 33.4. The van der Waals surface area contributed by atoms with E-state index in [9.17, 15) is 31.1 Å². The van der Waals surface area contributed by atoms with Gasteiger partial charge in [0.15, 0.2) is 11.6 Å². The smallest absolute Gasteiger partial charge is 0.346 e. The standard InChI is InChI=1S/C23H20F3N5O.C21H18F3N5/c1-14(32)30-22(2,3)19-7-4-6-17(28-19)15-10-11-16-13-27-31(18(16)12-15)21-9-5-8-20(29-21)23(24,25)26;1-20(2,25)17-6-3-5-15(27-17)13-9-10-14-12-26-29(16(14)11-13)19-8-4-7-18(28-19)21(22,23)24/h4-13H,1-3H3,(H,30,32);3-12H,25H2,1-2H3. The van der Waals surface area contributed by atoms with Crippen molar-refractivity contribution < 1.29 is 31.1 Å². The van der Waals surface area contributed by atoms with Gasteiger partial charge in [0.05, 0.1) is 57.3 Å². The molecule has 312 valence electrons. The van der Waals surface area contributed by atoms with E-state index in [4.69, 9.17) is 10.7 Å². The molecule has 0 spiro atoms. The number of nitrogens with two attached hydrogens (primary N) is 1. The molecule has 0 saturated heterocycles. The minimum atomic E-state index is -4.55. The molecule has 0 atom stereocenters. The summed E-state index contributed by atoms with van der Waals surface area (Å²) in [5, 5.41) is 12.9. The molecule has 0 unspecified atom stereocenters. The van der Waals surface area contributed by atoms with Gasteiger partial charge in [-0.25, -0.2) is 19.3 Å². The van der Waals surface area contributed by atoms with Gasteiger partial charge in [-0.3, -0.25) is 14.8 Å². The summed E-state index contributed by atoms with van der Waals surface area (Å²) < 4.78 is 81.2. The molecule has 0 radical (unpaired) electrons. The van der Waals surface area contributed by atoms with Crippen molar-refractivity contribution in [2.75, 3.05) is 0 Å². The molecule has 6 heterocycles. The molecule has 0 aliphatic heterocycles. The predicted molar refractivity (Wildman–Crippen MR) is 218 cm³/mol. The number of carbonyl (C=O) groups is 1. The van der Waals surface area contributed by atoms with Crippen molar-refractivity contribution in [3.63, 3.8) is 0 Å². The van der Waals surface area contributed by atoms with E-state index in [0.717, 1.165) is 39.7 Å². The third-order valence-corrected chi connectivity index (χ3v) is 9.50. The van der Waals surface area contributed by atoms with E-state index in [2.05, 4.69) is 30.5 Å². The van der Waals surface area contributed by atoms with E-state index in [1.807, 2.05) is 100 Å². The molecule has 1 amide bonds. The van der Waals surface area contributed by atoms with Crippen molar-refractivity contribution in [2.45, 2.75) is 58.0 Å². The Morgan fingerprint density at radius 1 is 0.557 bits per heavy atom. The van der Waals surface area contributed by atoms with E-state index in [1.165, 1.54) is 40.6 Å². The van der Waals surface area contributed by atoms with Gasteiger partial charge in [0.1, 0.15) is 11.4 Å². The molecule has 8 rings (SSSR count). The third kappa shape index (κ3) is 9.26. The van der Waals surface area contributed by atoms with Crippen molar-refractivity contribution in [2.24, 2.45) is 5.73 Å². The molecule has 8 aromatic rings. The summed E-state index contributed by atoms with van der Waals surface area (Å²) in [5.41, 5.74) is 8.53. The maximum atomic E-state index is 13.1. The van der Waals surface area contributed by atoms with Gasteiger partial charge in [-0.15, -0.1) is 0 Å². The summed E-state index contributed by atoms with van der Waals surface area (Å²) in [5.74, 6) is -0.00151. The van der Waals surface area contributed by atoms with Gasteiger partial charge in [0.2, 0.25) is 5.91 Å². The zero-order chi connectivity index (χ0) is 43.9. The van der Waals surface area contributed by atoms with Crippen molar-refractivity contribution in [3.8, 4) is 34.2 Å². The highest BCUT2D eigenvalue weighted by Gasteiger charge is 2.34. The molecule has 61 heavy (non-hydrogen) atoms. The molecule has 0 saturated carbocycles. The second kappa shape index (κ2) is 15.9. The fraction of sp³-hybridized carbons (Fsp3) is 0.205. The number of hydrogen-bond acceptors (Lipinski definition) is 8. The number of hydrogen-bond donors (Lipinski definition) is 2. The van der Waals surface area contributed by atoms with E-state index in [0.29, 0.717) is 28.1 Å².